The third-order valence-corrected chi connectivity index (χ3v) is 5.51. The fraction of sp³-hybridized carbons (Fsp3) is 0.500. The molecule has 10 nitrogen and oxygen atoms in total. The molecule has 0 bridgehead atoms. The maximum absolute atomic E-state index is 12.4. The molecule has 0 radical (unpaired) electrons. The van der Waals surface area contributed by atoms with Crippen molar-refractivity contribution in [1.29, 1.82) is 0 Å². The number of halogens is 1. The number of carbonyl (C=O) groups excluding carboxylic acids is 4. The number of amides is 3. The van der Waals surface area contributed by atoms with E-state index in [0.717, 1.165) is 24.0 Å². The minimum Gasteiger partial charge on any atom is -0.476 e. The third-order valence-electron chi connectivity index (χ3n) is 5.51. The first-order chi connectivity index (χ1) is 20.6. The van der Waals surface area contributed by atoms with Crippen LogP contribution in [-0.2, 0) is 25.6 Å². The van der Waals surface area contributed by atoms with E-state index >= 15 is 0 Å². The van der Waals surface area contributed by atoms with Gasteiger partial charge < -0.3 is 26.0 Å². The first-order valence-corrected chi connectivity index (χ1v) is 14.6. The van der Waals surface area contributed by atoms with E-state index in [2.05, 4.69) is 46.7 Å². The minimum absolute atomic E-state index is 0.0613. The van der Waals surface area contributed by atoms with Crippen LogP contribution in [0.2, 0.25) is 0 Å². The highest BCUT2D eigenvalue weighted by molar-refractivity contribution is 5.90. The fourth-order valence-corrected chi connectivity index (χ4v) is 3.54. The van der Waals surface area contributed by atoms with Crippen LogP contribution in [0.1, 0.15) is 64.5 Å². The summed E-state index contributed by atoms with van der Waals surface area (Å²) >= 11 is 0. The van der Waals surface area contributed by atoms with E-state index in [4.69, 9.17) is 9.53 Å². The number of pyridine rings is 1. The van der Waals surface area contributed by atoms with Gasteiger partial charge in [0.2, 0.25) is 23.6 Å². The summed E-state index contributed by atoms with van der Waals surface area (Å²) in [6.45, 7) is 13.4. The van der Waals surface area contributed by atoms with Gasteiger partial charge in [0, 0.05) is 24.3 Å². The lowest BCUT2D eigenvalue weighted by molar-refractivity contribution is -0.129. The minimum atomic E-state index is -0.612. The van der Waals surface area contributed by atoms with E-state index in [0.29, 0.717) is 31.9 Å². The average Bonchev–Trinajstić information content (AvgIpc) is 2.97. The lowest BCUT2D eigenvalue weighted by atomic mass is 10.1. The quantitative estimate of drug-likeness (QED) is 0.387. The predicted molar refractivity (Wildman–Crippen MR) is 167 cm³/mol. The Morgan fingerprint density at radius 1 is 1.07 bits per heavy atom. The lowest BCUT2D eigenvalue weighted by Gasteiger charge is -2.19. The number of fused-ring (bicyclic) bond motifs is 1. The van der Waals surface area contributed by atoms with Crippen LogP contribution < -0.4 is 26.0 Å². The normalized spacial score (nSPS) is 17.7. The predicted octanol–water partition coefficient (Wildman–Crippen LogP) is 3.46. The molecule has 0 aliphatic carbocycles. The molecule has 2 aromatic rings. The van der Waals surface area contributed by atoms with Crippen LogP contribution in [0.5, 0.6) is 5.88 Å². The van der Waals surface area contributed by atoms with Crippen molar-refractivity contribution in [3.63, 3.8) is 0 Å². The molecular formula is C32H48FN5O5. The number of ether oxygens (including phenoxy) is 1. The number of hydrogen-bond acceptors (Lipinski definition) is 7. The summed E-state index contributed by atoms with van der Waals surface area (Å²) in [6.07, 6.45) is 5.65. The molecule has 11 heteroatoms. The van der Waals surface area contributed by atoms with E-state index in [1.807, 2.05) is 39.0 Å². The van der Waals surface area contributed by atoms with Crippen molar-refractivity contribution in [2.24, 2.45) is 0 Å². The molecule has 0 spiro atoms. The molecule has 2 heterocycles. The zero-order valence-corrected chi connectivity index (χ0v) is 26.1. The molecule has 1 aliphatic rings. The van der Waals surface area contributed by atoms with Crippen molar-refractivity contribution in [2.45, 2.75) is 78.8 Å². The molecule has 43 heavy (non-hydrogen) atoms. The molecule has 1 aliphatic heterocycles. The van der Waals surface area contributed by atoms with Crippen LogP contribution >= 0.6 is 0 Å². The van der Waals surface area contributed by atoms with E-state index < -0.39 is 6.04 Å². The molecule has 0 saturated heterocycles. The van der Waals surface area contributed by atoms with Gasteiger partial charge >= 0.3 is 0 Å². The van der Waals surface area contributed by atoms with Gasteiger partial charge in [-0.3, -0.25) is 14.4 Å². The molecule has 0 fully saturated rings. The van der Waals surface area contributed by atoms with Crippen molar-refractivity contribution >= 4 is 23.7 Å². The second-order valence-corrected chi connectivity index (χ2v) is 9.79. The average molecular weight is 602 g/mol. The summed E-state index contributed by atoms with van der Waals surface area (Å²) in [5.74, 6) is 0.748. The van der Waals surface area contributed by atoms with Gasteiger partial charge in [-0.15, -0.1) is 0 Å². The highest BCUT2D eigenvalue weighted by Gasteiger charge is 2.20. The second kappa shape index (κ2) is 24.5. The topological polar surface area (TPSA) is 139 Å². The summed E-state index contributed by atoms with van der Waals surface area (Å²) < 4.78 is 18.0. The maximum atomic E-state index is 12.4. The first kappa shape index (κ1) is 38.9. The molecule has 1 unspecified atom stereocenters. The van der Waals surface area contributed by atoms with E-state index in [9.17, 15) is 18.8 Å². The van der Waals surface area contributed by atoms with E-state index in [-0.39, 0.29) is 42.7 Å². The number of nitrogens with zero attached hydrogens (tertiary/aromatic N) is 1. The number of benzene rings is 1. The van der Waals surface area contributed by atoms with Gasteiger partial charge in [-0.05, 0) is 63.5 Å². The third kappa shape index (κ3) is 19.6. The van der Waals surface area contributed by atoms with Crippen LogP contribution in [0, 0.1) is 12.7 Å². The maximum Gasteiger partial charge on any atom is 0.242 e. The zero-order chi connectivity index (χ0) is 32.5. The Bertz CT molecular complexity index is 1110. The number of hydrogen-bond donors (Lipinski definition) is 4. The Labute approximate surface area is 255 Å². The number of aromatic nitrogens is 1. The molecule has 1 aromatic heterocycles. The second-order valence-electron chi connectivity index (χ2n) is 9.79. The first-order valence-electron chi connectivity index (χ1n) is 14.6. The zero-order valence-electron chi connectivity index (χ0n) is 26.1. The monoisotopic (exact) mass is 601 g/mol. The highest BCUT2D eigenvalue weighted by Crippen LogP contribution is 2.16. The van der Waals surface area contributed by atoms with Gasteiger partial charge in [-0.2, -0.15) is 0 Å². The fourth-order valence-electron chi connectivity index (χ4n) is 3.54. The standard InChI is InChI=1S/C20H31N5O4.C7H7F.C3H8.C2H2O/c1-3-6-16-19(28)21-9-4-7-15-8-5-10-22-20(15)29-13-14(2)23-11-17(26)24-12-18(27)25-16;1-6-3-2-4-7(8)5-6;1-3-2;1-2-3/h5,8,10,14,16,23H,3-4,6-7,9,11-13H2,1-2H3,(H,21,28)(H,24,26)(H,25,27);2-5H,1H3;3H2,1-2H3;1H2/t14-,16?;;;/m0.../s1. The Morgan fingerprint density at radius 2 is 1.77 bits per heavy atom. The van der Waals surface area contributed by atoms with Crippen molar-refractivity contribution in [2.75, 3.05) is 26.2 Å². The highest BCUT2D eigenvalue weighted by atomic mass is 19.1. The molecule has 0 saturated carbocycles. The number of rotatable bonds is 2. The summed E-state index contributed by atoms with van der Waals surface area (Å²) in [4.78, 5) is 49.3. The molecular weight excluding hydrogens is 553 g/mol. The molecule has 4 N–H and O–H groups in total. The Kier molecular flexibility index (Phi) is 22.2. The van der Waals surface area contributed by atoms with Crippen molar-refractivity contribution < 1.29 is 28.3 Å². The molecule has 3 rings (SSSR count). The van der Waals surface area contributed by atoms with E-state index in [1.165, 1.54) is 24.5 Å². The van der Waals surface area contributed by atoms with Gasteiger partial charge in [0.05, 0.1) is 13.1 Å². The molecule has 1 aromatic carbocycles. The van der Waals surface area contributed by atoms with Crippen molar-refractivity contribution in [1.82, 2.24) is 26.3 Å². The van der Waals surface area contributed by atoms with E-state index in [1.54, 1.807) is 12.3 Å². The van der Waals surface area contributed by atoms with Crippen molar-refractivity contribution in [3.8, 4) is 5.88 Å². The van der Waals surface area contributed by atoms with Crippen LogP contribution in [0.25, 0.3) is 0 Å². The smallest absolute Gasteiger partial charge is 0.242 e. The summed E-state index contributed by atoms with van der Waals surface area (Å²) in [5, 5.41) is 11.2. The molecule has 2 atom stereocenters. The van der Waals surface area contributed by atoms with Crippen LogP contribution in [0.3, 0.4) is 0 Å². The van der Waals surface area contributed by atoms with Gasteiger partial charge in [0.1, 0.15) is 24.4 Å². The number of nitrogens with one attached hydrogen (secondary N) is 4. The van der Waals surface area contributed by atoms with Crippen molar-refractivity contribution in [3.05, 3.63) is 66.1 Å². The summed E-state index contributed by atoms with van der Waals surface area (Å²) in [7, 11) is 0. The Hall–Kier alpha value is -4.08. The van der Waals surface area contributed by atoms with Gasteiger partial charge in [-0.1, -0.05) is 51.8 Å². The number of aryl methyl sites for hydroxylation is 2. The SMILES string of the molecule is C=C=O.CCC.CCCC1NC(=O)CNC(=O)CN[C@@H](C)COc2ncccc2CCCNC1=O.Cc1cccc(F)c1. The lowest BCUT2D eigenvalue weighted by Crippen LogP contribution is -2.50. The summed E-state index contributed by atoms with van der Waals surface area (Å²) in [6, 6.07) is 9.62. The van der Waals surface area contributed by atoms with Crippen LogP contribution in [-0.4, -0.2) is 67.0 Å². The largest absolute Gasteiger partial charge is 0.476 e. The number of carbonyl (C=O) groups is 3. The Balaban J connectivity index is 0.00000104. The van der Waals surface area contributed by atoms with Gasteiger partial charge in [-0.25, -0.2) is 14.2 Å². The van der Waals surface area contributed by atoms with Crippen LogP contribution in [0.15, 0.2) is 49.2 Å². The van der Waals surface area contributed by atoms with Gasteiger partial charge in [0.25, 0.3) is 0 Å². The van der Waals surface area contributed by atoms with Crippen LogP contribution in [0.4, 0.5) is 4.39 Å². The molecule has 238 valence electrons. The summed E-state index contributed by atoms with van der Waals surface area (Å²) in [5.41, 5.74) is 1.93. The Morgan fingerprint density at radius 3 is 2.37 bits per heavy atom. The molecule has 3 amide bonds. The van der Waals surface area contributed by atoms with Gasteiger partial charge in [0.15, 0.2) is 0 Å².